The summed E-state index contributed by atoms with van der Waals surface area (Å²) in [7, 11) is 0. The van der Waals surface area contributed by atoms with Crippen molar-refractivity contribution in [2.45, 2.75) is 39.7 Å². The fourth-order valence-electron chi connectivity index (χ4n) is 1.77. The molecule has 2 rings (SSSR count). The Hall–Kier alpha value is -1.38. The van der Waals surface area contributed by atoms with Crippen LogP contribution in [0.25, 0.3) is 5.57 Å². The van der Waals surface area contributed by atoms with Gasteiger partial charge < -0.3 is 0 Å². The molecular formula is C12H17N3. The van der Waals surface area contributed by atoms with Crippen LogP contribution in [0.15, 0.2) is 18.2 Å². The van der Waals surface area contributed by atoms with E-state index in [2.05, 4.69) is 42.2 Å². The fourth-order valence-corrected chi connectivity index (χ4v) is 1.77. The van der Waals surface area contributed by atoms with E-state index >= 15 is 0 Å². The van der Waals surface area contributed by atoms with E-state index < -0.39 is 0 Å². The predicted octanol–water partition coefficient (Wildman–Crippen LogP) is 2.90. The SMILES string of the molecule is Cc1nc(C2=CCCC=C2)n(C(C)C)n1. The molecule has 0 radical (unpaired) electrons. The van der Waals surface area contributed by atoms with Gasteiger partial charge in [0, 0.05) is 11.6 Å². The quantitative estimate of drug-likeness (QED) is 0.740. The first kappa shape index (κ1) is 10.1. The molecule has 1 aromatic rings. The summed E-state index contributed by atoms with van der Waals surface area (Å²) in [4.78, 5) is 4.49. The Morgan fingerprint density at radius 2 is 2.13 bits per heavy atom. The highest BCUT2D eigenvalue weighted by atomic mass is 15.4. The van der Waals surface area contributed by atoms with E-state index in [1.165, 1.54) is 5.57 Å². The summed E-state index contributed by atoms with van der Waals surface area (Å²) in [5.41, 5.74) is 1.20. The molecular weight excluding hydrogens is 186 g/mol. The van der Waals surface area contributed by atoms with Crippen molar-refractivity contribution in [1.82, 2.24) is 14.8 Å². The number of rotatable bonds is 2. The van der Waals surface area contributed by atoms with Crippen molar-refractivity contribution in [3.8, 4) is 0 Å². The summed E-state index contributed by atoms with van der Waals surface area (Å²) in [5, 5.41) is 4.42. The van der Waals surface area contributed by atoms with Crippen LogP contribution in [0.5, 0.6) is 0 Å². The summed E-state index contributed by atoms with van der Waals surface area (Å²) in [5.74, 6) is 1.84. The van der Waals surface area contributed by atoms with Crippen LogP contribution in [-0.2, 0) is 0 Å². The maximum absolute atomic E-state index is 4.49. The second-order valence-electron chi connectivity index (χ2n) is 4.16. The fraction of sp³-hybridized carbons (Fsp3) is 0.500. The zero-order chi connectivity index (χ0) is 10.8. The molecule has 1 aliphatic rings. The number of nitrogens with zero attached hydrogens (tertiary/aromatic N) is 3. The van der Waals surface area contributed by atoms with Gasteiger partial charge in [-0.05, 0) is 33.6 Å². The van der Waals surface area contributed by atoms with E-state index in [4.69, 9.17) is 0 Å². The van der Waals surface area contributed by atoms with Crippen LogP contribution in [0.2, 0.25) is 0 Å². The highest BCUT2D eigenvalue weighted by molar-refractivity contribution is 5.70. The van der Waals surface area contributed by atoms with Crippen LogP contribution < -0.4 is 0 Å². The Kier molecular flexibility index (Phi) is 2.71. The lowest BCUT2D eigenvalue weighted by Gasteiger charge is -2.11. The number of aryl methyl sites for hydroxylation is 1. The Balaban J connectivity index is 2.42. The Labute approximate surface area is 90.5 Å². The van der Waals surface area contributed by atoms with Crippen LogP contribution in [0, 0.1) is 6.92 Å². The topological polar surface area (TPSA) is 30.7 Å². The first-order valence-corrected chi connectivity index (χ1v) is 5.48. The Morgan fingerprint density at radius 1 is 1.33 bits per heavy atom. The molecule has 0 bridgehead atoms. The summed E-state index contributed by atoms with van der Waals surface area (Å²) >= 11 is 0. The summed E-state index contributed by atoms with van der Waals surface area (Å²) < 4.78 is 2.00. The van der Waals surface area contributed by atoms with Crippen molar-refractivity contribution < 1.29 is 0 Å². The molecule has 0 amide bonds. The van der Waals surface area contributed by atoms with Gasteiger partial charge in [-0.2, -0.15) is 5.10 Å². The first-order chi connectivity index (χ1) is 7.18. The third-order valence-electron chi connectivity index (χ3n) is 2.48. The lowest BCUT2D eigenvalue weighted by atomic mass is 10.1. The number of hydrogen-bond donors (Lipinski definition) is 0. The molecule has 0 atom stereocenters. The Morgan fingerprint density at radius 3 is 2.73 bits per heavy atom. The van der Waals surface area contributed by atoms with E-state index in [-0.39, 0.29) is 0 Å². The van der Waals surface area contributed by atoms with Gasteiger partial charge in [0.05, 0.1) is 0 Å². The third kappa shape index (κ3) is 2.01. The zero-order valence-corrected chi connectivity index (χ0v) is 9.57. The molecule has 0 spiro atoms. The molecule has 1 aromatic heterocycles. The van der Waals surface area contributed by atoms with Crippen LogP contribution in [0.4, 0.5) is 0 Å². The minimum atomic E-state index is 0.359. The smallest absolute Gasteiger partial charge is 0.158 e. The number of allylic oxidation sites excluding steroid dienone is 4. The second-order valence-corrected chi connectivity index (χ2v) is 4.16. The summed E-state index contributed by atoms with van der Waals surface area (Å²) in [6, 6.07) is 0.359. The molecule has 3 nitrogen and oxygen atoms in total. The minimum Gasteiger partial charge on any atom is -0.243 e. The minimum absolute atomic E-state index is 0.359. The van der Waals surface area contributed by atoms with Gasteiger partial charge in [-0.25, -0.2) is 9.67 Å². The maximum atomic E-state index is 4.49. The third-order valence-corrected chi connectivity index (χ3v) is 2.48. The number of hydrogen-bond acceptors (Lipinski definition) is 2. The van der Waals surface area contributed by atoms with Gasteiger partial charge in [0.2, 0.25) is 0 Å². The molecule has 15 heavy (non-hydrogen) atoms. The molecule has 3 heteroatoms. The van der Waals surface area contributed by atoms with Crippen molar-refractivity contribution in [2.24, 2.45) is 0 Å². The van der Waals surface area contributed by atoms with Gasteiger partial charge in [-0.15, -0.1) is 0 Å². The molecule has 0 saturated carbocycles. The normalized spacial score (nSPS) is 15.9. The van der Waals surface area contributed by atoms with Crippen molar-refractivity contribution in [2.75, 3.05) is 0 Å². The monoisotopic (exact) mass is 203 g/mol. The van der Waals surface area contributed by atoms with Gasteiger partial charge in [0.1, 0.15) is 5.82 Å². The first-order valence-electron chi connectivity index (χ1n) is 5.48. The standard InChI is InChI=1S/C12H17N3/c1-9(2)15-12(13-10(3)14-15)11-7-5-4-6-8-11/h5,7-9H,4,6H2,1-3H3. The van der Waals surface area contributed by atoms with E-state index in [1.54, 1.807) is 0 Å². The molecule has 1 heterocycles. The molecule has 0 unspecified atom stereocenters. The summed E-state index contributed by atoms with van der Waals surface area (Å²) in [6.45, 7) is 6.20. The molecule has 0 N–H and O–H groups in total. The molecule has 0 aromatic carbocycles. The zero-order valence-electron chi connectivity index (χ0n) is 9.57. The average Bonchev–Trinajstić information content (AvgIpc) is 2.62. The van der Waals surface area contributed by atoms with Crippen molar-refractivity contribution in [3.63, 3.8) is 0 Å². The molecule has 0 fully saturated rings. The largest absolute Gasteiger partial charge is 0.243 e. The number of aromatic nitrogens is 3. The molecule has 1 aliphatic carbocycles. The van der Waals surface area contributed by atoms with E-state index in [1.807, 2.05) is 11.6 Å². The van der Waals surface area contributed by atoms with E-state index in [9.17, 15) is 0 Å². The highest BCUT2D eigenvalue weighted by Crippen LogP contribution is 2.21. The average molecular weight is 203 g/mol. The van der Waals surface area contributed by atoms with Gasteiger partial charge in [0.25, 0.3) is 0 Å². The predicted molar refractivity (Wildman–Crippen MR) is 61.5 cm³/mol. The van der Waals surface area contributed by atoms with E-state index in [0.717, 1.165) is 24.5 Å². The van der Waals surface area contributed by atoms with Crippen molar-refractivity contribution in [1.29, 1.82) is 0 Å². The van der Waals surface area contributed by atoms with Gasteiger partial charge >= 0.3 is 0 Å². The van der Waals surface area contributed by atoms with Crippen molar-refractivity contribution in [3.05, 3.63) is 29.9 Å². The van der Waals surface area contributed by atoms with E-state index in [0.29, 0.717) is 6.04 Å². The molecule has 0 aliphatic heterocycles. The summed E-state index contributed by atoms with van der Waals surface area (Å²) in [6.07, 6.45) is 8.83. The lowest BCUT2D eigenvalue weighted by Crippen LogP contribution is -2.07. The van der Waals surface area contributed by atoms with Gasteiger partial charge in [0.15, 0.2) is 5.82 Å². The van der Waals surface area contributed by atoms with Crippen LogP contribution >= 0.6 is 0 Å². The Bertz CT molecular complexity index is 411. The van der Waals surface area contributed by atoms with Crippen LogP contribution in [0.1, 0.15) is 44.4 Å². The molecule has 0 saturated heterocycles. The van der Waals surface area contributed by atoms with Gasteiger partial charge in [-0.1, -0.05) is 18.2 Å². The molecule has 80 valence electrons. The van der Waals surface area contributed by atoms with Crippen LogP contribution in [-0.4, -0.2) is 14.8 Å². The second kappa shape index (κ2) is 4.01. The van der Waals surface area contributed by atoms with Crippen molar-refractivity contribution >= 4 is 5.57 Å². The van der Waals surface area contributed by atoms with Gasteiger partial charge in [-0.3, -0.25) is 0 Å². The van der Waals surface area contributed by atoms with Crippen LogP contribution in [0.3, 0.4) is 0 Å². The highest BCUT2D eigenvalue weighted by Gasteiger charge is 2.13. The lowest BCUT2D eigenvalue weighted by molar-refractivity contribution is 0.522. The maximum Gasteiger partial charge on any atom is 0.158 e.